The third kappa shape index (κ3) is 7.93. The molecule has 0 unspecified atom stereocenters. The number of carbonyl (C=O) groups excluding carboxylic acids is 3. The van der Waals surface area contributed by atoms with Gasteiger partial charge in [-0.05, 0) is 58.6 Å². The van der Waals surface area contributed by atoms with E-state index in [0.717, 1.165) is 19.4 Å². The zero-order chi connectivity index (χ0) is 33.1. The second kappa shape index (κ2) is 13.5. The van der Waals surface area contributed by atoms with Crippen LogP contribution in [0.4, 0.5) is 10.5 Å². The zero-order valence-electron chi connectivity index (χ0n) is 26.4. The Morgan fingerprint density at radius 2 is 1.83 bits per heavy atom. The SMILES string of the molecule is CC(C)(C)OC(=O)N(CCn1ccnn1)CC(=O)Nc1ccc(C(=O)N2CCN(CC34CCC(C(=O)O)(CC3)CO4)CC2)nc1Cl. The van der Waals surface area contributed by atoms with E-state index in [0.29, 0.717) is 45.6 Å². The van der Waals surface area contributed by atoms with Crippen LogP contribution in [0.1, 0.15) is 56.9 Å². The highest BCUT2D eigenvalue weighted by molar-refractivity contribution is 6.32. The van der Waals surface area contributed by atoms with E-state index in [1.165, 1.54) is 27.9 Å². The summed E-state index contributed by atoms with van der Waals surface area (Å²) < 4.78 is 13.1. The molecule has 3 saturated heterocycles. The lowest BCUT2D eigenvalue weighted by Crippen LogP contribution is -2.60. The highest BCUT2D eigenvalue weighted by atomic mass is 35.5. The monoisotopic (exact) mass is 660 g/mol. The van der Waals surface area contributed by atoms with Gasteiger partial charge >= 0.3 is 12.1 Å². The van der Waals surface area contributed by atoms with Crippen molar-refractivity contribution < 1.29 is 33.8 Å². The van der Waals surface area contributed by atoms with Gasteiger partial charge in [-0.25, -0.2) is 9.78 Å². The fraction of sp³-hybridized carbons (Fsp3) is 0.633. The predicted octanol–water partition coefficient (Wildman–Crippen LogP) is 2.37. The van der Waals surface area contributed by atoms with Crippen LogP contribution in [0.15, 0.2) is 24.5 Å². The lowest BCUT2D eigenvalue weighted by molar-refractivity contribution is -0.206. The van der Waals surface area contributed by atoms with Crippen LogP contribution in [-0.4, -0.2) is 127 Å². The largest absolute Gasteiger partial charge is 0.481 e. The van der Waals surface area contributed by atoms with Gasteiger partial charge in [-0.1, -0.05) is 16.8 Å². The van der Waals surface area contributed by atoms with Crippen molar-refractivity contribution >= 4 is 41.2 Å². The standard InChI is InChI=1S/C30H41ClN8O7/c1-28(2,3)46-27(44)38(16-17-39-11-10-32-35-39)18-23(40)33-21-4-5-22(34-24(21)31)25(41)37-14-12-36(13-15-37)19-30-8-6-29(7-9-30,20-45-30)26(42)43/h4-5,10-11H,6-9,12-20H2,1-3H3,(H,33,40)(H,42,43). The number of carbonyl (C=O) groups is 4. The molecule has 3 amide bonds. The van der Waals surface area contributed by atoms with Crippen molar-refractivity contribution in [2.45, 2.75) is 64.2 Å². The van der Waals surface area contributed by atoms with Gasteiger partial charge in [0.25, 0.3) is 5.91 Å². The Kier molecular flexibility index (Phi) is 9.84. The number of amides is 3. The van der Waals surface area contributed by atoms with E-state index in [1.54, 1.807) is 31.9 Å². The molecule has 15 nitrogen and oxygen atoms in total. The molecule has 1 saturated carbocycles. The van der Waals surface area contributed by atoms with E-state index in [-0.39, 0.29) is 47.7 Å². The van der Waals surface area contributed by atoms with E-state index in [1.807, 2.05) is 0 Å². The molecule has 4 aliphatic rings. The number of aliphatic carboxylic acids is 1. The molecule has 2 bridgehead atoms. The number of fused-ring (bicyclic) bond motifs is 3. The number of hydrogen-bond donors (Lipinski definition) is 2. The average molecular weight is 661 g/mol. The van der Waals surface area contributed by atoms with Gasteiger partial charge in [0, 0.05) is 45.5 Å². The smallest absolute Gasteiger partial charge is 0.410 e. The summed E-state index contributed by atoms with van der Waals surface area (Å²) in [6.07, 6.45) is 5.24. The number of piperazine rings is 1. The summed E-state index contributed by atoms with van der Waals surface area (Å²) in [5.41, 5.74) is -1.44. The van der Waals surface area contributed by atoms with E-state index >= 15 is 0 Å². The first-order chi connectivity index (χ1) is 21.8. The van der Waals surface area contributed by atoms with Crippen LogP contribution in [0, 0.1) is 5.41 Å². The minimum Gasteiger partial charge on any atom is -0.481 e. The van der Waals surface area contributed by atoms with Gasteiger partial charge in [0.1, 0.15) is 17.8 Å². The molecule has 5 heterocycles. The second-order valence-electron chi connectivity index (χ2n) is 13.3. The molecule has 16 heteroatoms. The van der Waals surface area contributed by atoms with Crippen LogP contribution in [0.2, 0.25) is 5.15 Å². The summed E-state index contributed by atoms with van der Waals surface area (Å²) in [7, 11) is 0. The maximum Gasteiger partial charge on any atom is 0.410 e. The number of rotatable bonds is 10. The Balaban J connectivity index is 1.12. The molecule has 4 fully saturated rings. The van der Waals surface area contributed by atoms with E-state index in [9.17, 15) is 24.3 Å². The number of ether oxygens (including phenoxy) is 2. The van der Waals surface area contributed by atoms with Gasteiger partial charge in [0.15, 0.2) is 5.15 Å². The van der Waals surface area contributed by atoms with Crippen LogP contribution in [0.5, 0.6) is 0 Å². The Bertz CT molecular complexity index is 1410. The summed E-state index contributed by atoms with van der Waals surface area (Å²) in [4.78, 5) is 60.2. The summed E-state index contributed by atoms with van der Waals surface area (Å²) >= 11 is 6.39. The molecule has 2 aromatic heterocycles. The third-order valence-electron chi connectivity index (χ3n) is 8.80. The third-order valence-corrected chi connectivity index (χ3v) is 9.09. The molecule has 0 aromatic carbocycles. The second-order valence-corrected chi connectivity index (χ2v) is 13.6. The lowest BCUT2D eigenvalue weighted by Gasteiger charge is -2.53. The number of halogens is 1. The summed E-state index contributed by atoms with van der Waals surface area (Å²) in [5.74, 6) is -1.55. The molecular weight excluding hydrogens is 620 g/mol. The maximum atomic E-state index is 13.3. The number of carboxylic acid groups (broad SMARTS) is 1. The highest BCUT2D eigenvalue weighted by Gasteiger charge is 2.54. The average Bonchev–Trinajstić information content (AvgIpc) is 3.54. The molecule has 6 rings (SSSR count). The minimum absolute atomic E-state index is 0.0486. The van der Waals surface area contributed by atoms with Crippen LogP contribution < -0.4 is 5.32 Å². The fourth-order valence-electron chi connectivity index (χ4n) is 6.07. The molecule has 2 aromatic rings. The molecule has 46 heavy (non-hydrogen) atoms. The zero-order valence-corrected chi connectivity index (χ0v) is 27.2. The van der Waals surface area contributed by atoms with Crippen molar-refractivity contribution in [3.05, 3.63) is 35.4 Å². The number of nitrogens with zero attached hydrogens (tertiary/aromatic N) is 7. The Labute approximate surface area is 272 Å². The summed E-state index contributed by atoms with van der Waals surface area (Å²) in [6, 6.07) is 3.03. The van der Waals surface area contributed by atoms with Crippen LogP contribution in [-0.2, 0) is 25.6 Å². The fourth-order valence-corrected chi connectivity index (χ4v) is 6.27. The van der Waals surface area contributed by atoms with Crippen LogP contribution in [0.3, 0.4) is 0 Å². The molecule has 3 aliphatic heterocycles. The number of carboxylic acids is 1. The number of pyridine rings is 1. The van der Waals surface area contributed by atoms with Crippen LogP contribution >= 0.6 is 11.6 Å². The van der Waals surface area contributed by atoms with E-state index < -0.39 is 29.0 Å². The van der Waals surface area contributed by atoms with Gasteiger partial charge < -0.3 is 24.8 Å². The van der Waals surface area contributed by atoms with Gasteiger partial charge in [-0.15, -0.1) is 5.10 Å². The number of nitrogens with one attached hydrogen (secondary N) is 1. The topological polar surface area (TPSA) is 172 Å². The Hall–Kier alpha value is -3.82. The quantitative estimate of drug-likeness (QED) is 0.358. The molecule has 0 atom stereocenters. The van der Waals surface area contributed by atoms with Crippen molar-refractivity contribution in [1.82, 2.24) is 34.7 Å². The van der Waals surface area contributed by atoms with Gasteiger partial charge in [-0.3, -0.25) is 28.9 Å². The van der Waals surface area contributed by atoms with Gasteiger partial charge in [0.2, 0.25) is 5.91 Å². The minimum atomic E-state index is -0.766. The molecule has 250 valence electrons. The van der Waals surface area contributed by atoms with Crippen LogP contribution in [0.25, 0.3) is 0 Å². The first-order valence-electron chi connectivity index (χ1n) is 15.4. The maximum absolute atomic E-state index is 13.3. The molecule has 2 N–H and O–H groups in total. The molecular formula is C30H41ClN8O7. The predicted molar refractivity (Wildman–Crippen MR) is 165 cm³/mol. The first kappa shape index (κ1) is 33.5. The van der Waals surface area contributed by atoms with E-state index in [2.05, 4.69) is 25.5 Å². The van der Waals surface area contributed by atoms with Gasteiger partial charge in [0.05, 0.1) is 36.1 Å². The van der Waals surface area contributed by atoms with Crippen molar-refractivity contribution in [2.24, 2.45) is 5.41 Å². The number of aromatic nitrogens is 4. The first-order valence-corrected chi connectivity index (χ1v) is 15.8. The highest BCUT2D eigenvalue weighted by Crippen LogP contribution is 2.49. The van der Waals surface area contributed by atoms with Crippen molar-refractivity contribution in [3.63, 3.8) is 0 Å². The van der Waals surface area contributed by atoms with Crippen molar-refractivity contribution in [3.8, 4) is 0 Å². The van der Waals surface area contributed by atoms with E-state index in [4.69, 9.17) is 21.1 Å². The lowest BCUT2D eigenvalue weighted by atomic mass is 9.66. The number of hydrogen-bond acceptors (Lipinski definition) is 10. The van der Waals surface area contributed by atoms with Gasteiger partial charge in [-0.2, -0.15) is 0 Å². The Morgan fingerprint density at radius 3 is 2.39 bits per heavy atom. The number of anilines is 1. The molecule has 0 spiro atoms. The van der Waals surface area contributed by atoms with Crippen molar-refractivity contribution in [1.29, 1.82) is 0 Å². The summed E-state index contributed by atoms with van der Waals surface area (Å²) in [5, 5.41) is 19.9. The molecule has 0 radical (unpaired) electrons. The normalized spacial score (nSPS) is 23.2. The van der Waals surface area contributed by atoms with Crippen molar-refractivity contribution in [2.75, 3.05) is 57.7 Å². The molecule has 1 aliphatic carbocycles. The summed E-state index contributed by atoms with van der Waals surface area (Å²) in [6.45, 7) is 8.67. The Morgan fingerprint density at radius 1 is 1.11 bits per heavy atom.